The summed E-state index contributed by atoms with van der Waals surface area (Å²) >= 11 is 0. The zero-order valence-electron chi connectivity index (χ0n) is 16.5. The van der Waals surface area contributed by atoms with Gasteiger partial charge in [0.25, 0.3) is 5.91 Å². The first kappa shape index (κ1) is 18.7. The molecular formula is C23H28N4O. The van der Waals surface area contributed by atoms with Crippen LogP contribution in [-0.4, -0.2) is 46.0 Å². The maximum Gasteiger partial charge on any atom is 0.251 e. The number of rotatable bonds is 6. The summed E-state index contributed by atoms with van der Waals surface area (Å²) in [6, 6.07) is 16.1. The summed E-state index contributed by atoms with van der Waals surface area (Å²) in [4.78, 5) is 19.6. The molecule has 1 aliphatic rings. The highest BCUT2D eigenvalue weighted by Crippen LogP contribution is 2.18. The highest BCUT2D eigenvalue weighted by atomic mass is 16.1. The van der Waals surface area contributed by atoms with E-state index in [0.29, 0.717) is 5.56 Å². The zero-order valence-corrected chi connectivity index (χ0v) is 16.5. The number of unbranched alkanes of at least 4 members (excludes halogenated alkanes) is 1. The van der Waals surface area contributed by atoms with Crippen LogP contribution in [0, 0.1) is 0 Å². The van der Waals surface area contributed by atoms with Gasteiger partial charge < -0.3 is 10.2 Å². The minimum absolute atomic E-state index is 0.0223. The molecule has 0 unspecified atom stereocenters. The molecule has 28 heavy (non-hydrogen) atoms. The molecule has 1 amide bonds. The number of likely N-dealkylation sites (tertiary alicyclic amines) is 1. The number of imidazole rings is 1. The minimum Gasteiger partial charge on any atom is -0.349 e. The topological polar surface area (TPSA) is 50.2 Å². The molecule has 1 aromatic heterocycles. The highest BCUT2D eigenvalue weighted by molar-refractivity contribution is 5.94. The number of para-hydroxylation sites is 2. The molecule has 5 nitrogen and oxygen atoms in total. The number of amides is 1. The Kier molecular flexibility index (Phi) is 5.72. The molecule has 0 spiro atoms. The third kappa shape index (κ3) is 4.09. The Labute approximate surface area is 166 Å². The predicted octanol–water partition coefficient (Wildman–Crippen LogP) is 4.02. The van der Waals surface area contributed by atoms with Gasteiger partial charge in [-0.05, 0) is 62.2 Å². The maximum atomic E-state index is 12.6. The lowest BCUT2D eigenvalue weighted by molar-refractivity contribution is 0.0911. The number of hydrogen-bond donors (Lipinski definition) is 1. The van der Waals surface area contributed by atoms with E-state index in [9.17, 15) is 4.79 Å². The molecule has 0 bridgehead atoms. The van der Waals surface area contributed by atoms with Gasteiger partial charge in [-0.25, -0.2) is 4.98 Å². The number of hydrogen-bond acceptors (Lipinski definition) is 3. The van der Waals surface area contributed by atoms with Crippen LogP contribution >= 0.6 is 0 Å². The first-order chi connectivity index (χ1) is 13.7. The van der Waals surface area contributed by atoms with Crippen molar-refractivity contribution in [3.05, 3.63) is 60.4 Å². The van der Waals surface area contributed by atoms with Crippen LogP contribution in [0.25, 0.3) is 16.7 Å². The molecule has 3 aromatic rings. The average Bonchev–Trinajstić information content (AvgIpc) is 3.17. The van der Waals surface area contributed by atoms with Crippen LogP contribution in [0.5, 0.6) is 0 Å². The maximum absolute atomic E-state index is 12.6. The van der Waals surface area contributed by atoms with Gasteiger partial charge in [0.1, 0.15) is 6.33 Å². The zero-order chi connectivity index (χ0) is 19.3. The van der Waals surface area contributed by atoms with E-state index in [1.165, 1.54) is 19.4 Å². The van der Waals surface area contributed by atoms with E-state index in [1.54, 1.807) is 0 Å². The SMILES string of the molecule is CCCCN1CCC(NC(=O)c2ccc(-n3cnc4ccccc43)cc2)CC1. The van der Waals surface area contributed by atoms with Gasteiger partial charge in [-0.15, -0.1) is 0 Å². The number of carbonyl (C=O) groups is 1. The molecule has 1 saturated heterocycles. The second kappa shape index (κ2) is 8.57. The molecule has 4 rings (SSSR count). The third-order valence-electron chi connectivity index (χ3n) is 5.61. The highest BCUT2D eigenvalue weighted by Gasteiger charge is 2.20. The number of nitrogens with zero attached hydrogens (tertiary/aromatic N) is 3. The lowest BCUT2D eigenvalue weighted by atomic mass is 10.0. The van der Waals surface area contributed by atoms with E-state index < -0.39 is 0 Å². The van der Waals surface area contributed by atoms with Gasteiger partial charge in [0.15, 0.2) is 0 Å². The quantitative estimate of drug-likeness (QED) is 0.707. The van der Waals surface area contributed by atoms with E-state index in [2.05, 4.69) is 28.2 Å². The van der Waals surface area contributed by atoms with Crippen LogP contribution in [0.1, 0.15) is 43.0 Å². The first-order valence-electron chi connectivity index (χ1n) is 10.3. The van der Waals surface area contributed by atoms with Gasteiger partial charge in [0.05, 0.1) is 11.0 Å². The Hall–Kier alpha value is -2.66. The van der Waals surface area contributed by atoms with E-state index in [0.717, 1.165) is 42.7 Å². The number of carbonyl (C=O) groups excluding carboxylic acids is 1. The molecule has 2 aromatic carbocycles. The Morgan fingerprint density at radius 2 is 1.86 bits per heavy atom. The lowest BCUT2D eigenvalue weighted by Gasteiger charge is -2.32. The Balaban J connectivity index is 1.37. The molecule has 0 atom stereocenters. The molecular weight excluding hydrogens is 348 g/mol. The van der Waals surface area contributed by atoms with Crippen LogP contribution in [0.3, 0.4) is 0 Å². The van der Waals surface area contributed by atoms with Crippen molar-refractivity contribution in [3.63, 3.8) is 0 Å². The normalized spacial score (nSPS) is 15.8. The van der Waals surface area contributed by atoms with E-state index in [-0.39, 0.29) is 11.9 Å². The second-order valence-electron chi connectivity index (χ2n) is 7.59. The Bertz CT molecular complexity index is 923. The number of nitrogens with one attached hydrogen (secondary N) is 1. The fraction of sp³-hybridized carbons (Fsp3) is 0.391. The minimum atomic E-state index is 0.0223. The van der Waals surface area contributed by atoms with Crippen LogP contribution in [0.2, 0.25) is 0 Å². The summed E-state index contributed by atoms with van der Waals surface area (Å²) in [5, 5.41) is 3.21. The van der Waals surface area contributed by atoms with Gasteiger partial charge in [-0.2, -0.15) is 0 Å². The summed E-state index contributed by atoms with van der Waals surface area (Å²) < 4.78 is 2.04. The van der Waals surface area contributed by atoms with E-state index in [1.807, 2.05) is 53.4 Å². The Morgan fingerprint density at radius 1 is 1.11 bits per heavy atom. The molecule has 2 heterocycles. The van der Waals surface area contributed by atoms with Gasteiger partial charge in [-0.3, -0.25) is 9.36 Å². The molecule has 0 radical (unpaired) electrons. The average molecular weight is 377 g/mol. The van der Waals surface area contributed by atoms with Crippen molar-refractivity contribution in [1.82, 2.24) is 19.8 Å². The largest absolute Gasteiger partial charge is 0.349 e. The number of benzene rings is 2. The fourth-order valence-electron chi connectivity index (χ4n) is 3.89. The second-order valence-corrected chi connectivity index (χ2v) is 7.59. The summed E-state index contributed by atoms with van der Waals surface area (Å²) in [7, 11) is 0. The van der Waals surface area contributed by atoms with Crippen molar-refractivity contribution in [2.24, 2.45) is 0 Å². The van der Waals surface area contributed by atoms with Crippen molar-refractivity contribution in [3.8, 4) is 5.69 Å². The number of piperidine rings is 1. The third-order valence-corrected chi connectivity index (χ3v) is 5.61. The van der Waals surface area contributed by atoms with Crippen molar-refractivity contribution < 1.29 is 4.79 Å². The van der Waals surface area contributed by atoms with Gasteiger partial charge in [0.2, 0.25) is 0 Å². The first-order valence-corrected chi connectivity index (χ1v) is 10.3. The van der Waals surface area contributed by atoms with Gasteiger partial charge in [-0.1, -0.05) is 25.5 Å². The molecule has 146 valence electrons. The monoisotopic (exact) mass is 376 g/mol. The standard InChI is InChI=1S/C23H28N4O/c1-2-3-14-26-15-12-19(13-16-26)25-23(28)18-8-10-20(11-9-18)27-17-24-21-6-4-5-7-22(21)27/h4-11,17,19H,2-3,12-16H2,1H3,(H,25,28). The number of aromatic nitrogens is 2. The van der Waals surface area contributed by atoms with E-state index >= 15 is 0 Å². The van der Waals surface area contributed by atoms with Crippen LogP contribution in [-0.2, 0) is 0 Å². The summed E-state index contributed by atoms with van der Waals surface area (Å²) in [6.07, 6.45) is 6.40. The smallest absolute Gasteiger partial charge is 0.251 e. The summed E-state index contributed by atoms with van der Waals surface area (Å²) in [5.74, 6) is 0.0223. The summed E-state index contributed by atoms with van der Waals surface area (Å²) in [5.41, 5.74) is 3.75. The van der Waals surface area contributed by atoms with Crippen molar-refractivity contribution in [2.75, 3.05) is 19.6 Å². The van der Waals surface area contributed by atoms with E-state index in [4.69, 9.17) is 0 Å². The number of fused-ring (bicyclic) bond motifs is 1. The van der Waals surface area contributed by atoms with Crippen molar-refractivity contribution >= 4 is 16.9 Å². The van der Waals surface area contributed by atoms with Gasteiger partial charge >= 0.3 is 0 Å². The van der Waals surface area contributed by atoms with Gasteiger partial charge in [0, 0.05) is 30.4 Å². The fourth-order valence-corrected chi connectivity index (χ4v) is 3.89. The van der Waals surface area contributed by atoms with Crippen molar-refractivity contribution in [2.45, 2.75) is 38.6 Å². The molecule has 5 heteroatoms. The van der Waals surface area contributed by atoms with Crippen molar-refractivity contribution in [1.29, 1.82) is 0 Å². The molecule has 0 saturated carbocycles. The van der Waals surface area contributed by atoms with Crippen LogP contribution in [0.15, 0.2) is 54.9 Å². The molecule has 1 N–H and O–H groups in total. The Morgan fingerprint density at radius 3 is 2.61 bits per heavy atom. The predicted molar refractivity (Wildman–Crippen MR) is 113 cm³/mol. The molecule has 1 fully saturated rings. The van der Waals surface area contributed by atoms with Crippen LogP contribution in [0.4, 0.5) is 0 Å². The van der Waals surface area contributed by atoms with Crippen LogP contribution < -0.4 is 5.32 Å². The summed E-state index contributed by atoms with van der Waals surface area (Å²) in [6.45, 7) is 5.57. The lowest BCUT2D eigenvalue weighted by Crippen LogP contribution is -2.44. The molecule has 1 aliphatic heterocycles. The molecule has 0 aliphatic carbocycles.